The van der Waals surface area contributed by atoms with Crippen LogP contribution in [0.3, 0.4) is 0 Å². The van der Waals surface area contributed by atoms with E-state index in [-0.39, 0.29) is 11.5 Å². The fraction of sp³-hybridized carbons (Fsp3) is 0.420. The van der Waals surface area contributed by atoms with Crippen LogP contribution in [-0.2, 0) is 10.8 Å². The molecule has 13 aromatic rings. The first-order valence-corrected chi connectivity index (χ1v) is 38.5. The Morgan fingerprint density at radius 3 is 1.33 bits per heavy atom. The standard InChI is InChI=1S/C20H25N.C19H23N.C18H20N2O.C16H19NS.C15H18N2S/c1-12(2)14-6-7-15-16-11-18(13(3)4)21-19(16)20(8-5-9-20)17(15)10-14;1-11(2)13-5-6-14-15-10-17(12(3)4)20-18(15)19(7-8-19)16(14)9-13;1-10(2)12-5-7-14-13(9-12)6-8-15-16(14)18(21)20-17(19-15)11(3)4;1-9(2)14-8-12-13(17-14)6-5-11-7-15(10(3)4)18-16(11)12;1-8(2)13-7-10-11(16-13)5-6-12-14(10)18-15(17-12)9(3)4/h6-7,10-13,21H,5,8-9H2,1-4H3;5-6,9-12,20H,7-8H2,1-4H3;5-11H,1-4H3,(H,19,20,21);5-10,17H,1-4H3;5-9,16H,1-4H3. The van der Waals surface area contributed by atoms with Gasteiger partial charge in [-0.15, -0.1) is 22.7 Å². The van der Waals surface area contributed by atoms with Gasteiger partial charge in [-0.05, 0) is 183 Å². The summed E-state index contributed by atoms with van der Waals surface area (Å²) in [4.78, 5) is 40.7. The molecule has 2 fully saturated rings. The first-order valence-electron chi connectivity index (χ1n) is 36.8. The van der Waals surface area contributed by atoms with E-state index in [0.717, 1.165) is 27.6 Å². The number of thiazole rings is 1. The lowest BCUT2D eigenvalue weighted by Crippen LogP contribution is -2.34. The highest BCUT2D eigenvalue weighted by atomic mass is 32.1. The lowest BCUT2D eigenvalue weighted by Gasteiger charge is -2.40. The van der Waals surface area contributed by atoms with Gasteiger partial charge in [-0.3, -0.25) is 4.79 Å². The Hall–Kier alpha value is -7.79. The van der Waals surface area contributed by atoms with Crippen LogP contribution in [0, 0.1) is 0 Å². The molecule has 0 radical (unpaired) electrons. The summed E-state index contributed by atoms with van der Waals surface area (Å²) >= 11 is 3.77. The quantitative estimate of drug-likeness (QED) is 0.0877. The number of H-pyrrole nitrogens is 5. The second-order valence-corrected chi connectivity index (χ2v) is 34.2. The zero-order valence-electron chi connectivity index (χ0n) is 62.0. The summed E-state index contributed by atoms with van der Waals surface area (Å²) in [6.07, 6.45) is 6.61. The van der Waals surface area contributed by atoms with Crippen molar-refractivity contribution in [2.75, 3.05) is 0 Å². The molecule has 510 valence electrons. The molecule has 4 aliphatic rings. The zero-order valence-corrected chi connectivity index (χ0v) is 63.6. The van der Waals surface area contributed by atoms with Crippen molar-refractivity contribution >= 4 is 86.5 Å². The molecule has 10 heteroatoms. The van der Waals surface area contributed by atoms with Crippen molar-refractivity contribution in [2.45, 2.75) is 241 Å². The smallest absolute Gasteiger partial charge is 0.259 e. The monoisotopic (exact) mass is 1340 g/mol. The predicted molar refractivity (Wildman–Crippen MR) is 423 cm³/mol. The topological polar surface area (TPSA) is 122 Å². The molecule has 0 unspecified atom stereocenters. The summed E-state index contributed by atoms with van der Waals surface area (Å²) in [6, 6.07) is 45.1. The average molecular weight is 1340 g/mol. The molecule has 6 aromatic carbocycles. The Kier molecular flexibility index (Phi) is 18.7. The highest BCUT2D eigenvalue weighted by Gasteiger charge is 2.54. The average Bonchev–Trinajstić information content (AvgIpc) is 1.53. The molecule has 0 amide bonds. The lowest BCUT2D eigenvalue weighted by atomic mass is 9.64. The van der Waals surface area contributed by atoms with Gasteiger partial charge in [0.15, 0.2) is 0 Å². The summed E-state index contributed by atoms with van der Waals surface area (Å²) in [5.41, 5.74) is 26.7. The maximum atomic E-state index is 12.4. The molecule has 7 heterocycles. The van der Waals surface area contributed by atoms with Crippen LogP contribution in [0.25, 0.3) is 86.0 Å². The van der Waals surface area contributed by atoms with E-state index >= 15 is 0 Å². The van der Waals surface area contributed by atoms with Crippen LogP contribution in [0.2, 0.25) is 0 Å². The van der Waals surface area contributed by atoms with Gasteiger partial charge >= 0.3 is 0 Å². The van der Waals surface area contributed by atoms with Crippen LogP contribution in [-0.4, -0.2) is 34.9 Å². The van der Waals surface area contributed by atoms with Crippen molar-refractivity contribution < 1.29 is 0 Å². The molecule has 8 nitrogen and oxygen atoms in total. The zero-order chi connectivity index (χ0) is 69.7. The number of rotatable bonds is 10. The van der Waals surface area contributed by atoms with Gasteiger partial charge in [0.05, 0.1) is 26.1 Å². The summed E-state index contributed by atoms with van der Waals surface area (Å²) in [6.45, 7) is 44.5. The van der Waals surface area contributed by atoms with Crippen LogP contribution in [0.4, 0.5) is 0 Å². The van der Waals surface area contributed by atoms with Crippen molar-refractivity contribution in [2.24, 2.45) is 0 Å². The molecule has 17 rings (SSSR count). The number of thiophene rings is 1. The van der Waals surface area contributed by atoms with Crippen molar-refractivity contribution in [3.63, 3.8) is 0 Å². The van der Waals surface area contributed by atoms with Crippen LogP contribution in [0.1, 0.15) is 307 Å². The second-order valence-electron chi connectivity index (χ2n) is 32.1. The highest BCUT2D eigenvalue weighted by molar-refractivity contribution is 7.20. The van der Waals surface area contributed by atoms with Crippen LogP contribution in [0.15, 0.2) is 126 Å². The molecule has 0 bridgehead atoms. The molecule has 5 N–H and O–H groups in total. The Balaban J connectivity index is 0.000000110. The maximum Gasteiger partial charge on any atom is 0.259 e. The summed E-state index contributed by atoms with van der Waals surface area (Å²) in [5.74, 6) is 6.00. The van der Waals surface area contributed by atoms with Crippen molar-refractivity contribution in [1.29, 1.82) is 0 Å². The minimum absolute atomic E-state index is 0.0494. The van der Waals surface area contributed by atoms with Crippen molar-refractivity contribution in [1.82, 2.24) is 34.9 Å². The van der Waals surface area contributed by atoms with Gasteiger partial charge in [-0.1, -0.05) is 212 Å². The van der Waals surface area contributed by atoms with E-state index in [2.05, 4.69) is 264 Å². The number of nitrogens with one attached hydrogen (secondary N) is 5. The van der Waals surface area contributed by atoms with Crippen LogP contribution in [0.5, 0.6) is 0 Å². The molecular formula is C88H105N7OS2. The minimum Gasteiger partial charge on any atom is -0.361 e. The van der Waals surface area contributed by atoms with E-state index in [9.17, 15) is 4.79 Å². The van der Waals surface area contributed by atoms with Gasteiger partial charge in [-0.2, -0.15) is 0 Å². The third-order valence-electron chi connectivity index (χ3n) is 21.6. The number of nitrogens with zero attached hydrogens (tertiary/aromatic N) is 2. The fourth-order valence-corrected chi connectivity index (χ4v) is 17.3. The Bertz CT molecular complexity index is 4910. The fourth-order valence-electron chi connectivity index (χ4n) is 15.0. The largest absolute Gasteiger partial charge is 0.361 e. The Morgan fingerprint density at radius 2 is 0.847 bits per heavy atom. The van der Waals surface area contributed by atoms with E-state index in [1.807, 2.05) is 48.7 Å². The number of fused-ring (bicyclic) bond motifs is 19. The molecule has 0 saturated heterocycles. The molecule has 98 heavy (non-hydrogen) atoms. The van der Waals surface area contributed by atoms with E-state index in [4.69, 9.17) is 4.98 Å². The van der Waals surface area contributed by atoms with Crippen molar-refractivity contribution in [3.05, 3.63) is 209 Å². The first kappa shape index (κ1) is 68.7. The molecule has 0 aliphatic heterocycles. The minimum atomic E-state index is -0.0494. The van der Waals surface area contributed by atoms with E-state index in [1.165, 1.54) is 152 Å². The highest BCUT2D eigenvalue weighted by Crippen LogP contribution is 2.63. The van der Waals surface area contributed by atoms with E-state index in [0.29, 0.717) is 69.5 Å². The lowest BCUT2D eigenvalue weighted by molar-refractivity contribution is 0.301. The summed E-state index contributed by atoms with van der Waals surface area (Å²) in [5, 5.41) is 8.07. The predicted octanol–water partition coefficient (Wildman–Crippen LogP) is 26.0. The first-order chi connectivity index (χ1) is 46.6. The van der Waals surface area contributed by atoms with Crippen LogP contribution >= 0.6 is 22.7 Å². The summed E-state index contributed by atoms with van der Waals surface area (Å²) in [7, 11) is 0. The van der Waals surface area contributed by atoms with Crippen molar-refractivity contribution in [3.8, 4) is 22.3 Å². The number of aromatic nitrogens is 7. The summed E-state index contributed by atoms with van der Waals surface area (Å²) < 4.78 is 2.75. The number of aromatic amines is 5. The third kappa shape index (κ3) is 12.5. The molecule has 0 atom stereocenters. The van der Waals surface area contributed by atoms with Gasteiger partial charge in [0, 0.05) is 99.3 Å². The van der Waals surface area contributed by atoms with Gasteiger partial charge in [-0.25, -0.2) is 9.97 Å². The molecule has 2 saturated carbocycles. The molecule has 4 aliphatic carbocycles. The van der Waals surface area contributed by atoms with Gasteiger partial charge < -0.3 is 24.9 Å². The second kappa shape index (κ2) is 26.7. The van der Waals surface area contributed by atoms with E-state index in [1.54, 1.807) is 11.1 Å². The SMILES string of the molecule is CC(C)c1cc2c(ccc3cc(C(C)C)sc32)[nH]1.CC(C)c1cc2c(ccc3nc(C(C)C)sc32)[nH]1.CC(C)c1ccc2c(c1)C1(CC1)c1[nH]c(C(C)C)cc1-2.CC(C)c1ccc2c(c1)C1(CCC1)c1[nH]c(C(C)C)cc1-2.CC(C)c1ccc2c(ccc3nc(C(C)C)[nH]c(=O)c32)c1. The number of hydrogen-bond donors (Lipinski definition) is 5. The Labute approximate surface area is 589 Å². The molecule has 2 spiro atoms. The molecular weight excluding hydrogens is 1240 g/mol. The molecule has 7 aromatic heterocycles. The number of benzene rings is 6. The third-order valence-corrected chi connectivity index (χ3v) is 24.5. The van der Waals surface area contributed by atoms with Crippen LogP contribution < -0.4 is 5.56 Å². The van der Waals surface area contributed by atoms with Gasteiger partial charge in [0.25, 0.3) is 5.56 Å². The van der Waals surface area contributed by atoms with E-state index < -0.39 is 0 Å². The van der Waals surface area contributed by atoms with Gasteiger partial charge in [0.2, 0.25) is 0 Å². The van der Waals surface area contributed by atoms with Gasteiger partial charge in [0.1, 0.15) is 5.82 Å². The normalized spacial score (nSPS) is 14.6. The number of hydrogen-bond acceptors (Lipinski definition) is 5. The maximum absolute atomic E-state index is 12.4. The Morgan fingerprint density at radius 1 is 0.367 bits per heavy atom.